The van der Waals surface area contributed by atoms with Gasteiger partial charge in [-0.05, 0) is 56.4 Å². The summed E-state index contributed by atoms with van der Waals surface area (Å²) in [5.41, 5.74) is 1.38. The lowest BCUT2D eigenvalue weighted by molar-refractivity contribution is -0.168. The Morgan fingerprint density at radius 1 is 1.30 bits per heavy atom. The maximum absolute atomic E-state index is 13.8. The summed E-state index contributed by atoms with van der Waals surface area (Å²) in [6.07, 6.45) is 6.00. The highest BCUT2D eigenvalue weighted by Crippen LogP contribution is 2.57. The van der Waals surface area contributed by atoms with E-state index in [1.807, 2.05) is 13.8 Å². The van der Waals surface area contributed by atoms with Crippen molar-refractivity contribution in [2.75, 3.05) is 19.4 Å². The topological polar surface area (TPSA) is 79.8 Å². The molecule has 2 N–H and O–H groups in total. The predicted octanol–water partition coefficient (Wildman–Crippen LogP) is 3.39. The van der Waals surface area contributed by atoms with Crippen LogP contribution in [0.5, 0.6) is 0 Å². The third kappa shape index (κ3) is 5.85. The first-order valence-corrected chi connectivity index (χ1v) is 12.4. The van der Waals surface area contributed by atoms with Crippen LogP contribution in [0.3, 0.4) is 0 Å². The number of sulfone groups is 1. The molecule has 2 aliphatic carbocycles. The maximum atomic E-state index is 13.8. The molecule has 0 amide bonds. The van der Waals surface area contributed by atoms with Crippen molar-refractivity contribution in [3.8, 4) is 0 Å². The van der Waals surface area contributed by atoms with Crippen molar-refractivity contribution in [2.24, 2.45) is 10.4 Å². The summed E-state index contributed by atoms with van der Waals surface area (Å²) in [7, 11) is -3.21. The Morgan fingerprint density at radius 3 is 2.60 bits per heavy atom. The molecule has 9 heteroatoms. The lowest BCUT2D eigenvalue weighted by atomic mass is 9.51. The largest absolute Gasteiger partial charge is 0.378 e. The summed E-state index contributed by atoms with van der Waals surface area (Å²) in [4.78, 5) is 4.62. The highest BCUT2D eigenvalue weighted by atomic mass is 127. The van der Waals surface area contributed by atoms with Crippen molar-refractivity contribution in [2.45, 2.75) is 64.0 Å². The SMILES string of the molecule is CCNC(=NCc1cc(F)ccc1CS(C)(=O)=O)NC1CC(OCC)C12CCC2.I. The first kappa shape index (κ1) is 25.3. The molecule has 2 unspecified atom stereocenters. The molecule has 0 heterocycles. The van der Waals surface area contributed by atoms with Crippen molar-refractivity contribution in [3.63, 3.8) is 0 Å². The van der Waals surface area contributed by atoms with Crippen LogP contribution in [0.25, 0.3) is 0 Å². The number of nitrogens with one attached hydrogen (secondary N) is 2. The molecule has 1 spiro atoms. The molecule has 0 radical (unpaired) electrons. The van der Waals surface area contributed by atoms with E-state index in [9.17, 15) is 12.8 Å². The smallest absolute Gasteiger partial charge is 0.191 e. The van der Waals surface area contributed by atoms with E-state index in [1.54, 1.807) is 0 Å². The maximum Gasteiger partial charge on any atom is 0.191 e. The van der Waals surface area contributed by atoms with Gasteiger partial charge in [-0.15, -0.1) is 24.0 Å². The fourth-order valence-corrected chi connectivity index (χ4v) is 5.30. The Kier molecular flexibility index (Phi) is 8.93. The van der Waals surface area contributed by atoms with E-state index in [4.69, 9.17) is 4.74 Å². The van der Waals surface area contributed by atoms with Crippen LogP contribution in [0.2, 0.25) is 0 Å². The summed E-state index contributed by atoms with van der Waals surface area (Å²) in [6, 6.07) is 4.51. The third-order valence-corrected chi connectivity index (χ3v) is 6.92. The van der Waals surface area contributed by atoms with E-state index >= 15 is 0 Å². The number of rotatable bonds is 8. The minimum absolute atomic E-state index is 0. The molecule has 2 aliphatic rings. The molecule has 3 rings (SSSR count). The molecular weight excluding hydrogens is 520 g/mol. The van der Waals surface area contributed by atoms with Crippen LogP contribution in [-0.2, 0) is 26.9 Å². The van der Waals surface area contributed by atoms with Crippen LogP contribution >= 0.6 is 24.0 Å². The zero-order valence-corrected chi connectivity index (χ0v) is 21.1. The van der Waals surface area contributed by atoms with Crippen molar-refractivity contribution in [1.82, 2.24) is 10.6 Å². The molecule has 1 aromatic rings. The van der Waals surface area contributed by atoms with E-state index in [0.29, 0.717) is 35.8 Å². The molecule has 1 aromatic carbocycles. The summed E-state index contributed by atoms with van der Waals surface area (Å²) in [5, 5.41) is 6.79. The molecule has 0 aliphatic heterocycles. The molecule has 0 bridgehead atoms. The van der Waals surface area contributed by atoms with Gasteiger partial charge in [-0.2, -0.15) is 0 Å². The highest BCUT2D eigenvalue weighted by molar-refractivity contribution is 14.0. The molecule has 0 aromatic heterocycles. The van der Waals surface area contributed by atoms with E-state index in [1.165, 1.54) is 30.9 Å². The lowest BCUT2D eigenvalue weighted by Crippen LogP contribution is -2.68. The van der Waals surface area contributed by atoms with Crippen LogP contribution in [-0.4, -0.2) is 45.9 Å². The summed E-state index contributed by atoms with van der Waals surface area (Å²) >= 11 is 0. The Bertz CT molecular complexity index is 859. The molecule has 0 saturated heterocycles. The number of hydrogen-bond donors (Lipinski definition) is 2. The second kappa shape index (κ2) is 10.6. The number of aliphatic imine (C=N–C) groups is 1. The van der Waals surface area contributed by atoms with Crippen molar-refractivity contribution in [3.05, 3.63) is 35.1 Å². The van der Waals surface area contributed by atoms with Crippen LogP contribution in [0, 0.1) is 11.2 Å². The molecule has 2 atom stereocenters. The highest BCUT2D eigenvalue weighted by Gasteiger charge is 2.59. The quantitative estimate of drug-likeness (QED) is 0.293. The first-order valence-electron chi connectivity index (χ1n) is 10.4. The number of ether oxygens (including phenoxy) is 1. The van der Waals surface area contributed by atoms with Gasteiger partial charge in [-0.25, -0.2) is 17.8 Å². The first-order chi connectivity index (χ1) is 13.8. The van der Waals surface area contributed by atoms with Crippen LogP contribution in [0.15, 0.2) is 23.2 Å². The average molecular weight is 553 g/mol. The fraction of sp³-hybridized carbons (Fsp3) is 0.667. The predicted molar refractivity (Wildman–Crippen MR) is 128 cm³/mol. The van der Waals surface area contributed by atoms with Gasteiger partial charge in [0.25, 0.3) is 0 Å². The number of benzene rings is 1. The van der Waals surface area contributed by atoms with Crippen molar-refractivity contribution < 1.29 is 17.5 Å². The second-order valence-electron chi connectivity index (χ2n) is 8.14. The van der Waals surface area contributed by atoms with Crippen molar-refractivity contribution in [1.29, 1.82) is 0 Å². The second-order valence-corrected chi connectivity index (χ2v) is 10.3. The van der Waals surface area contributed by atoms with Gasteiger partial charge < -0.3 is 15.4 Å². The van der Waals surface area contributed by atoms with Crippen LogP contribution in [0.4, 0.5) is 4.39 Å². The summed E-state index contributed by atoms with van der Waals surface area (Å²) in [6.45, 7) is 5.69. The summed E-state index contributed by atoms with van der Waals surface area (Å²) in [5.74, 6) is 0.162. The van der Waals surface area contributed by atoms with E-state index in [0.717, 1.165) is 25.9 Å². The lowest BCUT2D eigenvalue weighted by Gasteiger charge is -2.61. The minimum Gasteiger partial charge on any atom is -0.378 e. The summed E-state index contributed by atoms with van der Waals surface area (Å²) < 4.78 is 43.1. The van der Waals surface area contributed by atoms with Gasteiger partial charge in [0.2, 0.25) is 0 Å². The van der Waals surface area contributed by atoms with E-state index < -0.39 is 15.7 Å². The molecule has 2 saturated carbocycles. The zero-order chi connectivity index (χ0) is 21.1. The number of hydrogen-bond acceptors (Lipinski definition) is 4. The standard InChI is InChI=1S/C21H32FN3O3S.HI/c1-4-23-20(25-18-12-19(28-5-2)21(18)9-6-10-21)24-13-16-11-17(22)8-7-15(16)14-29(3,26)27;/h7-8,11,18-19H,4-6,9-10,12-14H2,1-3H3,(H2,23,24,25);1H. The van der Waals surface area contributed by atoms with Gasteiger partial charge in [0.1, 0.15) is 5.82 Å². The minimum atomic E-state index is -3.21. The van der Waals surface area contributed by atoms with Gasteiger partial charge in [-0.3, -0.25) is 0 Å². The van der Waals surface area contributed by atoms with Crippen LogP contribution in [0.1, 0.15) is 50.7 Å². The van der Waals surface area contributed by atoms with E-state index in [-0.39, 0.29) is 41.7 Å². The Labute approximate surface area is 196 Å². The molecule has 30 heavy (non-hydrogen) atoms. The fourth-order valence-electron chi connectivity index (χ4n) is 4.45. The molecule has 170 valence electrons. The average Bonchev–Trinajstić information content (AvgIpc) is 2.58. The third-order valence-electron chi connectivity index (χ3n) is 6.09. The number of guanidine groups is 1. The Hall–Kier alpha value is -0.940. The van der Waals surface area contributed by atoms with Crippen LogP contribution < -0.4 is 10.6 Å². The molecule has 6 nitrogen and oxygen atoms in total. The normalized spacial score (nSPS) is 22.6. The van der Waals surface area contributed by atoms with Gasteiger partial charge in [0.15, 0.2) is 15.8 Å². The Balaban J connectivity index is 0.00000320. The zero-order valence-electron chi connectivity index (χ0n) is 17.9. The Morgan fingerprint density at radius 2 is 2.03 bits per heavy atom. The van der Waals surface area contributed by atoms with Gasteiger partial charge in [0.05, 0.1) is 18.4 Å². The molecule has 2 fully saturated rings. The van der Waals surface area contributed by atoms with E-state index in [2.05, 4.69) is 15.6 Å². The van der Waals surface area contributed by atoms with Gasteiger partial charge >= 0.3 is 0 Å². The van der Waals surface area contributed by atoms with Gasteiger partial charge in [-0.1, -0.05) is 12.5 Å². The molecular formula is C21H33FIN3O3S. The van der Waals surface area contributed by atoms with Gasteiger partial charge in [0, 0.05) is 30.9 Å². The van der Waals surface area contributed by atoms with Crippen molar-refractivity contribution >= 4 is 39.8 Å². The monoisotopic (exact) mass is 553 g/mol. The number of halogens is 2. The number of nitrogens with zero attached hydrogens (tertiary/aromatic N) is 1.